The molecule has 1 aliphatic rings. The van der Waals surface area contributed by atoms with Gasteiger partial charge in [-0.15, -0.1) is 0 Å². The van der Waals surface area contributed by atoms with Gasteiger partial charge in [-0.25, -0.2) is 4.79 Å². The molecular weight excluding hydrogens is 394 g/mol. The molecule has 1 atom stereocenters. The number of carbonyl (C=O) groups excluding carboxylic acids is 3. The summed E-state index contributed by atoms with van der Waals surface area (Å²) in [5.41, 5.74) is 3.25. The van der Waals surface area contributed by atoms with Crippen LogP contribution in [0.1, 0.15) is 51.9 Å². The zero-order chi connectivity index (χ0) is 21.3. The molecule has 2 aromatic rings. The Labute approximate surface area is 174 Å². The number of hydrogen-bond acceptors (Lipinski definition) is 5. The van der Waals surface area contributed by atoms with Crippen LogP contribution < -0.4 is 10.2 Å². The number of ketones is 1. The van der Waals surface area contributed by atoms with E-state index in [1.165, 1.54) is 7.11 Å². The van der Waals surface area contributed by atoms with Gasteiger partial charge in [-0.3, -0.25) is 9.59 Å². The third-order valence-electron chi connectivity index (χ3n) is 5.16. The number of ether oxygens (including phenoxy) is 1. The number of benzene rings is 1. The normalized spacial score (nSPS) is 14.8. The average Bonchev–Trinajstić information content (AvgIpc) is 3.23. The van der Waals surface area contributed by atoms with Crippen molar-refractivity contribution in [1.82, 2.24) is 4.98 Å². The molecule has 3 rings (SSSR count). The number of methoxy groups -OCH3 is 1. The third-order valence-corrected chi connectivity index (χ3v) is 5.46. The van der Waals surface area contributed by atoms with Crippen LogP contribution in [0.15, 0.2) is 18.2 Å². The fraction of sp³-hybridized carbons (Fsp3) is 0.381. The number of carbonyl (C=O) groups is 3. The molecule has 1 aromatic heterocycles. The number of hydrogen-bond donors (Lipinski definition) is 2. The highest BCUT2D eigenvalue weighted by molar-refractivity contribution is 6.34. The molecule has 0 aliphatic carbocycles. The van der Waals surface area contributed by atoms with Crippen molar-refractivity contribution in [1.29, 1.82) is 0 Å². The number of rotatable bonds is 6. The van der Waals surface area contributed by atoms with E-state index in [0.29, 0.717) is 51.9 Å². The summed E-state index contributed by atoms with van der Waals surface area (Å²) in [5.74, 6) is -0.597. The predicted octanol–water partition coefficient (Wildman–Crippen LogP) is 3.88. The zero-order valence-corrected chi connectivity index (χ0v) is 17.6. The van der Waals surface area contributed by atoms with Crippen molar-refractivity contribution in [3.63, 3.8) is 0 Å². The predicted molar refractivity (Wildman–Crippen MR) is 112 cm³/mol. The van der Waals surface area contributed by atoms with Crippen LogP contribution in [0.2, 0.25) is 5.02 Å². The Morgan fingerprint density at radius 2 is 2.03 bits per heavy atom. The number of halogens is 1. The quantitative estimate of drug-likeness (QED) is 0.549. The number of aromatic nitrogens is 1. The molecule has 1 aliphatic heterocycles. The van der Waals surface area contributed by atoms with E-state index in [1.807, 2.05) is 0 Å². The summed E-state index contributed by atoms with van der Waals surface area (Å²) in [6, 6.07) is 4.72. The molecular formula is C21H24ClN3O4. The number of aromatic amines is 1. The molecule has 0 saturated carbocycles. The lowest BCUT2D eigenvalue weighted by atomic mass is 10.0. The fourth-order valence-electron chi connectivity index (χ4n) is 3.66. The monoisotopic (exact) mass is 417 g/mol. The van der Waals surface area contributed by atoms with Crippen LogP contribution in [0.25, 0.3) is 0 Å². The number of anilines is 2. The number of H-pyrrole nitrogens is 1. The van der Waals surface area contributed by atoms with Gasteiger partial charge >= 0.3 is 5.97 Å². The van der Waals surface area contributed by atoms with Gasteiger partial charge in [0, 0.05) is 24.3 Å². The Morgan fingerprint density at radius 1 is 1.31 bits per heavy atom. The Hall–Kier alpha value is -2.80. The van der Waals surface area contributed by atoms with Crippen LogP contribution in [0.5, 0.6) is 0 Å². The molecule has 0 spiro atoms. The lowest BCUT2D eigenvalue weighted by Crippen LogP contribution is -2.27. The van der Waals surface area contributed by atoms with Gasteiger partial charge in [0.05, 0.1) is 35.1 Å². The molecule has 1 saturated heterocycles. The summed E-state index contributed by atoms with van der Waals surface area (Å²) in [6.45, 7) is 5.84. The topological polar surface area (TPSA) is 91.5 Å². The molecule has 7 nitrogen and oxygen atoms in total. The van der Waals surface area contributed by atoms with E-state index >= 15 is 0 Å². The van der Waals surface area contributed by atoms with Crippen LogP contribution in [-0.4, -0.2) is 42.3 Å². The maximum absolute atomic E-state index is 12.9. The van der Waals surface area contributed by atoms with Crippen LogP contribution in [0.4, 0.5) is 11.4 Å². The molecule has 1 unspecified atom stereocenters. The van der Waals surface area contributed by atoms with E-state index in [1.54, 1.807) is 43.9 Å². The summed E-state index contributed by atoms with van der Waals surface area (Å²) in [6.07, 6.45) is 1.35. The SMILES string of the molecule is COC(=O)c1c(C)[nH]c(C(=O)C(C)Nc2ccc(N3CCCC3=O)c(Cl)c2)c1C. The fourth-order valence-corrected chi connectivity index (χ4v) is 3.94. The molecule has 2 heterocycles. The summed E-state index contributed by atoms with van der Waals surface area (Å²) < 4.78 is 4.79. The number of Topliss-reactive ketones (excluding diaryl/α,β-unsaturated/α-hetero) is 1. The van der Waals surface area contributed by atoms with Crippen molar-refractivity contribution < 1.29 is 19.1 Å². The molecule has 0 radical (unpaired) electrons. The van der Waals surface area contributed by atoms with Gasteiger partial charge in [0.2, 0.25) is 11.7 Å². The van der Waals surface area contributed by atoms with E-state index < -0.39 is 12.0 Å². The molecule has 1 fully saturated rings. The standard InChI is InChI=1S/C21H24ClN3O4/c1-11-18(21(28)29-4)12(2)24-19(11)20(27)13(3)23-14-7-8-16(15(22)10-14)25-9-5-6-17(25)26/h7-8,10,13,23-24H,5-6,9H2,1-4H3. The minimum Gasteiger partial charge on any atom is -0.465 e. The van der Waals surface area contributed by atoms with Crippen LogP contribution in [0.3, 0.4) is 0 Å². The second kappa shape index (κ2) is 8.29. The van der Waals surface area contributed by atoms with Crippen LogP contribution in [-0.2, 0) is 9.53 Å². The second-order valence-corrected chi connectivity index (χ2v) is 7.57. The molecule has 154 valence electrons. The van der Waals surface area contributed by atoms with Crippen molar-refractivity contribution in [2.75, 3.05) is 23.9 Å². The molecule has 2 N–H and O–H groups in total. The van der Waals surface area contributed by atoms with Crippen molar-refractivity contribution in [3.8, 4) is 0 Å². The molecule has 1 aromatic carbocycles. The first-order valence-corrected chi connectivity index (χ1v) is 9.80. The number of esters is 1. The van der Waals surface area contributed by atoms with Crippen LogP contribution in [0, 0.1) is 13.8 Å². The van der Waals surface area contributed by atoms with Crippen molar-refractivity contribution in [3.05, 3.63) is 45.7 Å². The number of nitrogens with zero attached hydrogens (tertiary/aromatic N) is 1. The number of nitrogens with one attached hydrogen (secondary N) is 2. The highest BCUT2D eigenvalue weighted by Crippen LogP contribution is 2.32. The van der Waals surface area contributed by atoms with Gasteiger partial charge in [-0.05, 0) is 51.0 Å². The lowest BCUT2D eigenvalue weighted by molar-refractivity contribution is -0.117. The first kappa shape index (κ1) is 20.9. The van der Waals surface area contributed by atoms with Gasteiger partial charge < -0.3 is 19.9 Å². The Balaban J connectivity index is 1.77. The molecule has 1 amide bonds. The van der Waals surface area contributed by atoms with Gasteiger partial charge in [0.25, 0.3) is 0 Å². The van der Waals surface area contributed by atoms with Gasteiger partial charge in [-0.1, -0.05) is 11.6 Å². The van der Waals surface area contributed by atoms with E-state index in [-0.39, 0.29) is 11.7 Å². The van der Waals surface area contributed by atoms with Gasteiger partial charge in [0.1, 0.15) is 0 Å². The van der Waals surface area contributed by atoms with Crippen molar-refractivity contribution in [2.45, 2.75) is 39.7 Å². The van der Waals surface area contributed by atoms with E-state index in [4.69, 9.17) is 16.3 Å². The van der Waals surface area contributed by atoms with Crippen LogP contribution >= 0.6 is 11.6 Å². The van der Waals surface area contributed by atoms with Crippen molar-refractivity contribution >= 4 is 40.6 Å². The lowest BCUT2D eigenvalue weighted by Gasteiger charge is -2.19. The highest BCUT2D eigenvalue weighted by Gasteiger charge is 2.26. The zero-order valence-electron chi connectivity index (χ0n) is 16.9. The van der Waals surface area contributed by atoms with Gasteiger partial charge in [0.15, 0.2) is 0 Å². The second-order valence-electron chi connectivity index (χ2n) is 7.16. The summed E-state index contributed by atoms with van der Waals surface area (Å²) >= 11 is 6.38. The molecule has 0 bridgehead atoms. The average molecular weight is 418 g/mol. The minimum absolute atomic E-state index is 0.0650. The van der Waals surface area contributed by atoms with Gasteiger partial charge in [-0.2, -0.15) is 0 Å². The Morgan fingerprint density at radius 3 is 2.62 bits per heavy atom. The summed E-state index contributed by atoms with van der Waals surface area (Å²) in [5, 5.41) is 3.58. The first-order chi connectivity index (χ1) is 13.7. The number of aryl methyl sites for hydroxylation is 1. The number of amides is 1. The molecule has 8 heteroatoms. The summed E-state index contributed by atoms with van der Waals surface area (Å²) in [7, 11) is 1.31. The Kier molecular flexibility index (Phi) is 5.98. The van der Waals surface area contributed by atoms with E-state index in [9.17, 15) is 14.4 Å². The first-order valence-electron chi connectivity index (χ1n) is 9.42. The van der Waals surface area contributed by atoms with E-state index in [2.05, 4.69) is 10.3 Å². The van der Waals surface area contributed by atoms with Crippen molar-refractivity contribution in [2.24, 2.45) is 0 Å². The maximum Gasteiger partial charge on any atom is 0.339 e. The minimum atomic E-state index is -0.562. The molecule has 29 heavy (non-hydrogen) atoms. The maximum atomic E-state index is 12.9. The smallest absolute Gasteiger partial charge is 0.339 e. The Bertz CT molecular complexity index is 983. The van der Waals surface area contributed by atoms with E-state index in [0.717, 1.165) is 6.42 Å². The largest absolute Gasteiger partial charge is 0.465 e. The summed E-state index contributed by atoms with van der Waals surface area (Å²) in [4.78, 5) is 41.5. The third kappa shape index (κ3) is 4.00. The highest BCUT2D eigenvalue weighted by atomic mass is 35.5.